The third-order valence-corrected chi connectivity index (χ3v) is 7.81. The first-order chi connectivity index (χ1) is 7.19. The van der Waals surface area contributed by atoms with E-state index in [1.165, 1.54) is 13.1 Å². The second-order valence-electron chi connectivity index (χ2n) is 5.60. The van der Waals surface area contributed by atoms with Crippen molar-refractivity contribution in [2.45, 2.75) is 32.5 Å². The molecular formula is C12H15Br3S. The summed E-state index contributed by atoms with van der Waals surface area (Å²) in [6, 6.07) is 2.22. The molecule has 0 aliphatic heterocycles. The SMILES string of the molecule is CC1(C)C(C(Br)c2cc(Br)sc2Br)C1(C)C. The van der Waals surface area contributed by atoms with Gasteiger partial charge in [0.05, 0.1) is 7.57 Å². The van der Waals surface area contributed by atoms with Crippen LogP contribution in [-0.4, -0.2) is 0 Å². The molecular weight excluding hydrogens is 416 g/mol. The van der Waals surface area contributed by atoms with Gasteiger partial charge >= 0.3 is 0 Å². The van der Waals surface area contributed by atoms with Crippen LogP contribution < -0.4 is 0 Å². The zero-order valence-corrected chi connectivity index (χ0v) is 15.3. The van der Waals surface area contributed by atoms with Crippen LogP contribution in [-0.2, 0) is 0 Å². The van der Waals surface area contributed by atoms with Crippen LogP contribution >= 0.6 is 59.1 Å². The minimum Gasteiger partial charge on any atom is -0.121 e. The number of rotatable bonds is 2. The van der Waals surface area contributed by atoms with Crippen LogP contribution in [0.2, 0.25) is 0 Å². The van der Waals surface area contributed by atoms with Crippen molar-refractivity contribution in [1.82, 2.24) is 0 Å². The summed E-state index contributed by atoms with van der Waals surface area (Å²) in [5, 5.41) is 0. The van der Waals surface area contributed by atoms with Crippen LogP contribution in [0.5, 0.6) is 0 Å². The quantitative estimate of drug-likeness (QED) is 0.477. The lowest BCUT2D eigenvalue weighted by Crippen LogP contribution is -1.98. The Balaban J connectivity index is 2.29. The van der Waals surface area contributed by atoms with Gasteiger partial charge in [-0.1, -0.05) is 43.6 Å². The molecule has 0 N–H and O–H groups in total. The predicted molar refractivity (Wildman–Crippen MR) is 82.4 cm³/mol. The molecule has 0 saturated heterocycles. The van der Waals surface area contributed by atoms with Gasteiger partial charge in [-0.05, 0) is 60.2 Å². The lowest BCUT2D eigenvalue weighted by molar-refractivity contribution is 0.457. The van der Waals surface area contributed by atoms with Crippen LogP contribution in [0.15, 0.2) is 13.6 Å². The molecule has 1 aliphatic carbocycles. The van der Waals surface area contributed by atoms with Crippen molar-refractivity contribution in [3.63, 3.8) is 0 Å². The highest BCUT2D eigenvalue weighted by Gasteiger charge is 2.67. The number of hydrogen-bond donors (Lipinski definition) is 0. The van der Waals surface area contributed by atoms with Gasteiger partial charge in [-0.3, -0.25) is 0 Å². The Morgan fingerprint density at radius 2 is 1.69 bits per heavy atom. The van der Waals surface area contributed by atoms with E-state index in [9.17, 15) is 0 Å². The third kappa shape index (κ3) is 1.88. The van der Waals surface area contributed by atoms with E-state index in [1.54, 1.807) is 11.3 Å². The van der Waals surface area contributed by atoms with Crippen molar-refractivity contribution >= 4 is 59.1 Å². The zero-order valence-electron chi connectivity index (χ0n) is 9.77. The molecule has 2 rings (SSSR count). The highest BCUT2D eigenvalue weighted by Crippen LogP contribution is 2.74. The summed E-state index contributed by atoms with van der Waals surface area (Å²) in [5.41, 5.74) is 2.20. The first-order valence-corrected chi connectivity index (χ1v) is 8.60. The fraction of sp³-hybridized carbons (Fsp3) is 0.667. The Morgan fingerprint density at radius 3 is 2.00 bits per heavy atom. The second kappa shape index (κ2) is 4.07. The molecule has 90 valence electrons. The summed E-state index contributed by atoms with van der Waals surface area (Å²) in [6.07, 6.45) is 0. The molecule has 1 aromatic rings. The normalized spacial score (nSPS) is 24.4. The summed E-state index contributed by atoms with van der Waals surface area (Å²) in [7, 11) is 0. The molecule has 4 heteroatoms. The molecule has 1 aliphatic rings. The molecule has 1 atom stereocenters. The van der Waals surface area contributed by atoms with Crippen LogP contribution in [0.1, 0.15) is 38.1 Å². The fourth-order valence-electron chi connectivity index (χ4n) is 2.70. The van der Waals surface area contributed by atoms with E-state index in [4.69, 9.17) is 0 Å². The van der Waals surface area contributed by atoms with Gasteiger partial charge in [0.2, 0.25) is 0 Å². The Bertz CT molecular complexity index is 406. The predicted octanol–water partition coefficient (Wildman–Crippen LogP) is 6.39. The van der Waals surface area contributed by atoms with Crippen molar-refractivity contribution < 1.29 is 0 Å². The highest BCUT2D eigenvalue weighted by molar-refractivity contribution is 9.12. The summed E-state index contributed by atoms with van der Waals surface area (Å²) in [6.45, 7) is 9.45. The summed E-state index contributed by atoms with van der Waals surface area (Å²) in [4.78, 5) is 0.439. The van der Waals surface area contributed by atoms with E-state index < -0.39 is 0 Å². The van der Waals surface area contributed by atoms with Crippen LogP contribution in [0.25, 0.3) is 0 Å². The molecule has 1 heterocycles. The van der Waals surface area contributed by atoms with Crippen LogP contribution in [0.3, 0.4) is 0 Å². The topological polar surface area (TPSA) is 0 Å². The largest absolute Gasteiger partial charge is 0.121 e. The van der Waals surface area contributed by atoms with Crippen molar-refractivity contribution in [3.05, 3.63) is 19.2 Å². The molecule has 0 radical (unpaired) electrons. The number of halogens is 3. The molecule has 0 aromatic carbocycles. The van der Waals surface area contributed by atoms with Gasteiger partial charge in [0.15, 0.2) is 0 Å². The Hall–Kier alpha value is 1.14. The molecule has 1 unspecified atom stereocenters. The molecule has 1 saturated carbocycles. The molecule has 16 heavy (non-hydrogen) atoms. The van der Waals surface area contributed by atoms with Crippen molar-refractivity contribution in [1.29, 1.82) is 0 Å². The van der Waals surface area contributed by atoms with Crippen molar-refractivity contribution in [3.8, 4) is 0 Å². The van der Waals surface area contributed by atoms with Crippen molar-refractivity contribution in [2.24, 2.45) is 16.7 Å². The number of hydrogen-bond acceptors (Lipinski definition) is 1. The number of thiophene rings is 1. The third-order valence-electron chi connectivity index (χ3n) is 4.41. The molecule has 0 spiro atoms. The van der Waals surface area contributed by atoms with E-state index in [1.807, 2.05) is 0 Å². The maximum absolute atomic E-state index is 3.88. The summed E-state index contributed by atoms with van der Waals surface area (Å²) >= 11 is 12.8. The van der Waals surface area contributed by atoms with Crippen LogP contribution in [0, 0.1) is 16.7 Å². The maximum atomic E-state index is 3.88. The Labute approximate surface area is 127 Å². The van der Waals surface area contributed by atoms with E-state index in [2.05, 4.69) is 81.6 Å². The zero-order chi connectivity index (χ0) is 12.3. The average molecular weight is 431 g/mol. The molecule has 1 fully saturated rings. The van der Waals surface area contributed by atoms with Gasteiger partial charge in [-0.2, -0.15) is 0 Å². The molecule has 0 bridgehead atoms. The highest BCUT2D eigenvalue weighted by atomic mass is 79.9. The first-order valence-electron chi connectivity index (χ1n) is 5.28. The molecule has 1 aromatic heterocycles. The minimum absolute atomic E-state index is 0.412. The van der Waals surface area contributed by atoms with Gasteiger partial charge in [0, 0.05) is 4.83 Å². The lowest BCUT2D eigenvalue weighted by Gasteiger charge is -2.11. The monoisotopic (exact) mass is 428 g/mol. The molecule has 0 amide bonds. The summed E-state index contributed by atoms with van der Waals surface area (Å²) in [5.74, 6) is 0.692. The number of alkyl halides is 1. The Morgan fingerprint density at radius 1 is 1.19 bits per heavy atom. The van der Waals surface area contributed by atoms with E-state index in [0.717, 1.165) is 0 Å². The van der Waals surface area contributed by atoms with Gasteiger partial charge in [-0.25, -0.2) is 0 Å². The Kier molecular flexibility index (Phi) is 3.45. The van der Waals surface area contributed by atoms with Crippen LogP contribution in [0.4, 0.5) is 0 Å². The van der Waals surface area contributed by atoms with Gasteiger partial charge in [0.1, 0.15) is 0 Å². The lowest BCUT2D eigenvalue weighted by atomic mass is 10.0. The minimum atomic E-state index is 0.412. The van der Waals surface area contributed by atoms with Crippen molar-refractivity contribution in [2.75, 3.05) is 0 Å². The van der Waals surface area contributed by atoms with Gasteiger partial charge in [-0.15, -0.1) is 11.3 Å². The fourth-order valence-corrected chi connectivity index (χ4v) is 7.77. The van der Waals surface area contributed by atoms with E-state index >= 15 is 0 Å². The summed E-state index contributed by atoms with van der Waals surface area (Å²) < 4.78 is 2.43. The van der Waals surface area contributed by atoms with E-state index in [0.29, 0.717) is 21.6 Å². The van der Waals surface area contributed by atoms with E-state index in [-0.39, 0.29) is 0 Å². The maximum Gasteiger partial charge on any atom is 0.0753 e. The average Bonchev–Trinajstić information content (AvgIpc) is 2.37. The standard InChI is InChI=1S/C12H15Br3S/c1-11(2)9(12(11,3)4)8(14)6-5-7(13)16-10(6)15/h5,8-9H,1-4H3. The smallest absolute Gasteiger partial charge is 0.0753 e. The van der Waals surface area contributed by atoms with Gasteiger partial charge < -0.3 is 0 Å². The first kappa shape index (κ1) is 13.6. The second-order valence-corrected chi connectivity index (χ2v) is 10.3. The van der Waals surface area contributed by atoms with Gasteiger partial charge in [0.25, 0.3) is 0 Å². The molecule has 0 nitrogen and oxygen atoms in total.